The molecule has 180 valence electrons. The van der Waals surface area contributed by atoms with Gasteiger partial charge in [-0.25, -0.2) is 0 Å². The molecule has 0 fully saturated rings. The molecular formula is C32H28N4O+2. The lowest BCUT2D eigenvalue weighted by atomic mass is 10.1. The summed E-state index contributed by atoms with van der Waals surface area (Å²) in [5.41, 5.74) is 18.5. The summed E-state index contributed by atoms with van der Waals surface area (Å²) in [6.07, 6.45) is 4.07. The highest BCUT2D eigenvalue weighted by molar-refractivity contribution is 5.88. The molecule has 2 aromatic heterocycles. The van der Waals surface area contributed by atoms with Crippen molar-refractivity contribution >= 4 is 33.2 Å². The monoisotopic (exact) mass is 484 g/mol. The second-order valence-corrected chi connectivity index (χ2v) is 9.22. The number of fused-ring (bicyclic) bond motifs is 2. The minimum absolute atomic E-state index is 0.757. The molecule has 0 saturated heterocycles. The van der Waals surface area contributed by atoms with Crippen LogP contribution in [0, 0.1) is 0 Å². The Labute approximate surface area is 215 Å². The number of ether oxygens (including phenoxy) is 1. The highest BCUT2D eigenvalue weighted by Crippen LogP contribution is 2.23. The van der Waals surface area contributed by atoms with Gasteiger partial charge in [0.15, 0.2) is 25.5 Å². The van der Waals surface area contributed by atoms with Crippen molar-refractivity contribution in [3.05, 3.63) is 133 Å². The third kappa shape index (κ3) is 4.67. The molecule has 37 heavy (non-hydrogen) atoms. The predicted molar refractivity (Wildman–Crippen MR) is 148 cm³/mol. The van der Waals surface area contributed by atoms with E-state index in [0.717, 1.165) is 57.8 Å². The van der Waals surface area contributed by atoms with Crippen LogP contribution in [0.2, 0.25) is 0 Å². The number of hydrogen-bond donors (Lipinski definition) is 2. The lowest BCUT2D eigenvalue weighted by Gasteiger charge is -2.08. The normalized spacial score (nSPS) is 11.1. The number of rotatable bonds is 6. The number of anilines is 2. The van der Waals surface area contributed by atoms with Crippen molar-refractivity contribution in [1.82, 2.24) is 0 Å². The molecule has 0 bridgehead atoms. The van der Waals surface area contributed by atoms with Crippen LogP contribution in [-0.2, 0) is 13.1 Å². The summed E-state index contributed by atoms with van der Waals surface area (Å²) < 4.78 is 10.5. The minimum atomic E-state index is 0.757. The van der Waals surface area contributed by atoms with Crippen LogP contribution in [0.5, 0.6) is 11.5 Å². The Morgan fingerprint density at radius 3 is 1.32 bits per heavy atom. The van der Waals surface area contributed by atoms with Crippen LogP contribution in [0.3, 0.4) is 0 Å². The van der Waals surface area contributed by atoms with Crippen molar-refractivity contribution in [2.24, 2.45) is 0 Å². The Morgan fingerprint density at radius 1 is 0.486 bits per heavy atom. The maximum atomic E-state index is 6.15. The number of benzene rings is 4. The van der Waals surface area contributed by atoms with Crippen molar-refractivity contribution in [3.8, 4) is 11.5 Å². The average molecular weight is 485 g/mol. The number of hydrogen-bond acceptors (Lipinski definition) is 3. The first-order valence-corrected chi connectivity index (χ1v) is 12.3. The fraction of sp³-hybridized carbons (Fsp3) is 0.0625. The van der Waals surface area contributed by atoms with E-state index in [9.17, 15) is 0 Å². The van der Waals surface area contributed by atoms with Gasteiger partial charge in [-0.15, -0.1) is 0 Å². The summed E-state index contributed by atoms with van der Waals surface area (Å²) >= 11 is 0. The molecule has 2 heterocycles. The van der Waals surface area contributed by atoms with Gasteiger partial charge in [-0.3, -0.25) is 0 Å². The van der Waals surface area contributed by atoms with Gasteiger partial charge in [-0.1, -0.05) is 24.3 Å². The molecule has 0 radical (unpaired) electrons. The van der Waals surface area contributed by atoms with Crippen molar-refractivity contribution in [3.63, 3.8) is 0 Å². The van der Waals surface area contributed by atoms with Crippen LogP contribution in [-0.4, -0.2) is 0 Å². The standard InChI is InChI=1S/C32H26N4O/c33-29-17-19-35(31-7-3-1-5-27(29)31)21-23-9-13-25(14-10-23)37-26-15-11-24(12-16-26)22-36-20-18-30(34)28-6-2-4-8-32(28)36/h1-20,33-34H,21-22H2/p+2. The van der Waals surface area contributed by atoms with E-state index in [1.165, 1.54) is 11.1 Å². The molecule has 0 aliphatic carbocycles. The van der Waals surface area contributed by atoms with Crippen molar-refractivity contribution in [2.45, 2.75) is 13.1 Å². The molecule has 6 aromatic rings. The molecule has 5 nitrogen and oxygen atoms in total. The molecule has 0 amide bonds. The topological polar surface area (TPSA) is 69.0 Å². The summed E-state index contributed by atoms with van der Waals surface area (Å²) in [5, 5.41) is 2.13. The predicted octanol–water partition coefficient (Wildman–Crippen LogP) is 5.62. The molecule has 0 atom stereocenters. The van der Waals surface area contributed by atoms with Gasteiger partial charge in [-0.2, -0.15) is 9.13 Å². The van der Waals surface area contributed by atoms with E-state index in [2.05, 4.69) is 57.7 Å². The van der Waals surface area contributed by atoms with Gasteiger partial charge in [0.1, 0.15) is 11.5 Å². The Hall–Kier alpha value is -4.90. The van der Waals surface area contributed by atoms with E-state index in [-0.39, 0.29) is 0 Å². The number of para-hydroxylation sites is 2. The highest BCUT2D eigenvalue weighted by atomic mass is 16.5. The van der Waals surface area contributed by atoms with E-state index >= 15 is 0 Å². The van der Waals surface area contributed by atoms with Crippen molar-refractivity contribution in [2.75, 3.05) is 11.5 Å². The zero-order chi connectivity index (χ0) is 25.2. The van der Waals surface area contributed by atoms with E-state index in [1.807, 2.05) is 73.1 Å². The fourth-order valence-electron chi connectivity index (χ4n) is 4.75. The van der Waals surface area contributed by atoms with Gasteiger partial charge in [-0.05, 0) is 60.7 Å². The summed E-state index contributed by atoms with van der Waals surface area (Å²) in [4.78, 5) is 0. The molecular weight excluding hydrogens is 456 g/mol. The molecule has 6 rings (SSSR count). The third-order valence-corrected chi connectivity index (χ3v) is 6.71. The van der Waals surface area contributed by atoms with Crippen LogP contribution in [0.15, 0.2) is 122 Å². The first kappa shape index (κ1) is 22.6. The SMILES string of the molecule is Nc1cc[n+](Cc2ccc(Oc3ccc(C[n+]4ccc(N)c5ccccc54)cc3)cc2)c2ccccc12. The number of nitrogens with zero attached hydrogens (tertiary/aromatic N) is 2. The van der Waals surface area contributed by atoms with E-state index in [0.29, 0.717) is 0 Å². The van der Waals surface area contributed by atoms with Gasteiger partial charge in [0.05, 0.1) is 22.1 Å². The maximum absolute atomic E-state index is 6.15. The Balaban J connectivity index is 1.14. The molecule has 0 aliphatic heterocycles. The van der Waals surface area contributed by atoms with Gasteiger partial charge in [0.25, 0.3) is 0 Å². The number of nitrogens with two attached hydrogens (primary N) is 2. The molecule has 4 N–H and O–H groups in total. The quantitative estimate of drug-likeness (QED) is 0.302. The third-order valence-electron chi connectivity index (χ3n) is 6.71. The zero-order valence-electron chi connectivity index (χ0n) is 20.4. The molecule has 0 unspecified atom stereocenters. The molecule has 0 aliphatic rings. The molecule has 0 spiro atoms. The van der Waals surface area contributed by atoms with E-state index in [4.69, 9.17) is 16.2 Å². The van der Waals surface area contributed by atoms with Crippen LogP contribution in [0.4, 0.5) is 11.4 Å². The Bertz CT molecular complexity index is 1580. The van der Waals surface area contributed by atoms with Gasteiger partial charge in [0, 0.05) is 35.4 Å². The smallest absolute Gasteiger partial charge is 0.214 e. The van der Waals surface area contributed by atoms with Crippen molar-refractivity contribution in [1.29, 1.82) is 0 Å². The van der Waals surface area contributed by atoms with E-state index in [1.54, 1.807) is 0 Å². The van der Waals surface area contributed by atoms with Gasteiger partial charge in [0.2, 0.25) is 11.0 Å². The summed E-state index contributed by atoms with van der Waals surface area (Å²) in [6.45, 7) is 1.51. The van der Waals surface area contributed by atoms with Crippen LogP contribution in [0.25, 0.3) is 21.8 Å². The molecule has 4 aromatic carbocycles. The second kappa shape index (κ2) is 9.63. The van der Waals surface area contributed by atoms with Crippen molar-refractivity contribution < 1.29 is 13.9 Å². The fourth-order valence-corrected chi connectivity index (χ4v) is 4.75. The first-order valence-electron chi connectivity index (χ1n) is 12.3. The molecule has 5 heteroatoms. The largest absolute Gasteiger partial charge is 0.457 e. The lowest BCUT2D eigenvalue weighted by Crippen LogP contribution is -2.34. The highest BCUT2D eigenvalue weighted by Gasteiger charge is 2.13. The summed E-state index contributed by atoms with van der Waals surface area (Å²) in [5.74, 6) is 1.62. The minimum Gasteiger partial charge on any atom is -0.457 e. The number of aromatic nitrogens is 2. The maximum Gasteiger partial charge on any atom is 0.214 e. The van der Waals surface area contributed by atoms with Crippen LogP contribution in [0.1, 0.15) is 11.1 Å². The van der Waals surface area contributed by atoms with E-state index < -0.39 is 0 Å². The Kier molecular flexibility index (Phi) is 5.87. The average Bonchev–Trinajstić information content (AvgIpc) is 2.94. The Morgan fingerprint density at radius 2 is 0.892 bits per heavy atom. The lowest BCUT2D eigenvalue weighted by molar-refractivity contribution is -0.662. The number of pyridine rings is 2. The van der Waals surface area contributed by atoms with Crippen LogP contribution < -0.4 is 25.3 Å². The molecule has 0 saturated carbocycles. The summed E-state index contributed by atoms with van der Waals surface area (Å²) in [7, 11) is 0. The first-order chi connectivity index (χ1) is 18.1. The van der Waals surface area contributed by atoms with Gasteiger partial charge >= 0.3 is 0 Å². The summed E-state index contributed by atoms with van der Waals surface area (Å²) in [6, 6.07) is 36.8. The number of nitrogen functional groups attached to an aromatic ring is 2. The second-order valence-electron chi connectivity index (χ2n) is 9.22. The zero-order valence-corrected chi connectivity index (χ0v) is 20.4. The van der Waals surface area contributed by atoms with Gasteiger partial charge < -0.3 is 16.2 Å². The van der Waals surface area contributed by atoms with Crippen LogP contribution >= 0.6 is 0 Å².